The number of carbonyl (C=O) groups excluding carboxylic acids is 1. The van der Waals surface area contributed by atoms with E-state index in [2.05, 4.69) is 13.8 Å². The molecule has 1 heterocycles. The number of hydrogen-bond acceptors (Lipinski definition) is 3. The van der Waals surface area contributed by atoms with Crippen LogP contribution in [0.15, 0.2) is 0 Å². The van der Waals surface area contributed by atoms with Gasteiger partial charge >= 0.3 is 5.97 Å². The van der Waals surface area contributed by atoms with Gasteiger partial charge in [-0.15, -0.1) is 0 Å². The van der Waals surface area contributed by atoms with Gasteiger partial charge < -0.3 is 15.7 Å². The average molecular weight is 270 g/mol. The normalized spacial score (nSPS) is 24.8. The van der Waals surface area contributed by atoms with Crippen molar-refractivity contribution in [2.45, 2.75) is 52.0 Å². The first-order valence-electron chi connectivity index (χ1n) is 7.05. The smallest absolute Gasteiger partial charge is 0.329 e. The average Bonchev–Trinajstić information content (AvgIpc) is 2.71. The van der Waals surface area contributed by atoms with E-state index >= 15 is 0 Å². The van der Waals surface area contributed by atoms with E-state index < -0.39 is 11.5 Å². The molecule has 0 spiro atoms. The van der Waals surface area contributed by atoms with E-state index in [1.54, 1.807) is 6.92 Å². The number of carboxylic acid groups (broad SMARTS) is 1. The predicted octanol–water partition coefficient (Wildman–Crippen LogP) is 1.46. The van der Waals surface area contributed by atoms with Gasteiger partial charge in [0.2, 0.25) is 5.91 Å². The number of nitrogens with zero attached hydrogens (tertiary/aromatic N) is 1. The molecule has 3 N–H and O–H groups in total. The van der Waals surface area contributed by atoms with E-state index in [1.165, 1.54) is 4.90 Å². The summed E-state index contributed by atoms with van der Waals surface area (Å²) in [5.41, 5.74) is 4.67. The first-order valence-corrected chi connectivity index (χ1v) is 7.05. The second-order valence-corrected chi connectivity index (χ2v) is 6.16. The molecule has 0 bridgehead atoms. The molecule has 19 heavy (non-hydrogen) atoms. The molecule has 1 fully saturated rings. The Morgan fingerprint density at radius 1 is 1.42 bits per heavy atom. The van der Waals surface area contributed by atoms with Gasteiger partial charge in [0.15, 0.2) is 0 Å². The third-order valence-corrected chi connectivity index (χ3v) is 4.00. The van der Waals surface area contributed by atoms with Crippen molar-refractivity contribution in [2.75, 3.05) is 13.1 Å². The Balaban J connectivity index is 2.69. The summed E-state index contributed by atoms with van der Waals surface area (Å²) in [7, 11) is 0. The van der Waals surface area contributed by atoms with Crippen molar-refractivity contribution in [3.63, 3.8) is 0 Å². The molecule has 5 heteroatoms. The summed E-state index contributed by atoms with van der Waals surface area (Å²) in [5, 5.41) is 9.31. The number of carboxylic acids is 1. The lowest BCUT2D eigenvalue weighted by molar-refractivity contribution is -0.155. The molecule has 1 saturated heterocycles. The molecule has 1 rings (SSSR count). The van der Waals surface area contributed by atoms with Crippen LogP contribution in [-0.4, -0.2) is 40.5 Å². The zero-order valence-corrected chi connectivity index (χ0v) is 12.2. The topological polar surface area (TPSA) is 83.6 Å². The number of amides is 1. The number of likely N-dealkylation sites (tertiary alicyclic amines) is 1. The van der Waals surface area contributed by atoms with Gasteiger partial charge in [0.1, 0.15) is 5.54 Å². The van der Waals surface area contributed by atoms with Gasteiger partial charge in [-0.1, -0.05) is 13.8 Å². The van der Waals surface area contributed by atoms with Crippen LogP contribution in [0.1, 0.15) is 46.5 Å². The summed E-state index contributed by atoms with van der Waals surface area (Å²) in [6.45, 7) is 6.86. The molecule has 2 atom stereocenters. The minimum absolute atomic E-state index is 0.0708. The van der Waals surface area contributed by atoms with Crippen molar-refractivity contribution < 1.29 is 14.7 Å². The lowest BCUT2D eigenvalue weighted by atomic mass is 9.92. The van der Waals surface area contributed by atoms with Crippen molar-refractivity contribution >= 4 is 11.9 Å². The first kappa shape index (κ1) is 16.0. The second kappa shape index (κ2) is 6.37. The summed E-state index contributed by atoms with van der Waals surface area (Å²) in [4.78, 5) is 25.2. The zero-order valence-electron chi connectivity index (χ0n) is 12.2. The van der Waals surface area contributed by atoms with E-state index in [9.17, 15) is 14.7 Å². The van der Waals surface area contributed by atoms with Crippen LogP contribution in [0.2, 0.25) is 0 Å². The van der Waals surface area contributed by atoms with E-state index in [4.69, 9.17) is 5.73 Å². The highest BCUT2D eigenvalue weighted by Crippen LogP contribution is 2.30. The SMILES string of the molecule is CC(C)C[C@H](CN)CC(=O)N1CCCC1(C)C(=O)O. The number of rotatable bonds is 6. The van der Waals surface area contributed by atoms with Crippen LogP contribution in [0.4, 0.5) is 0 Å². The minimum Gasteiger partial charge on any atom is -0.480 e. The number of nitrogens with two attached hydrogens (primary N) is 1. The van der Waals surface area contributed by atoms with Crippen molar-refractivity contribution in [1.29, 1.82) is 0 Å². The fourth-order valence-corrected chi connectivity index (χ4v) is 2.87. The van der Waals surface area contributed by atoms with Crippen LogP contribution in [0.3, 0.4) is 0 Å². The molecule has 0 aromatic rings. The van der Waals surface area contributed by atoms with E-state index in [0.29, 0.717) is 31.8 Å². The Bertz CT molecular complexity index is 344. The largest absolute Gasteiger partial charge is 0.480 e. The Labute approximate surface area is 115 Å². The maximum atomic E-state index is 12.3. The van der Waals surface area contributed by atoms with Crippen LogP contribution >= 0.6 is 0 Å². The lowest BCUT2D eigenvalue weighted by Crippen LogP contribution is -2.51. The van der Waals surface area contributed by atoms with Crippen LogP contribution in [0.25, 0.3) is 0 Å². The Hall–Kier alpha value is -1.10. The third kappa shape index (κ3) is 3.69. The summed E-state index contributed by atoms with van der Waals surface area (Å²) < 4.78 is 0. The van der Waals surface area contributed by atoms with Gasteiger partial charge in [0.05, 0.1) is 0 Å². The van der Waals surface area contributed by atoms with Gasteiger partial charge in [-0.2, -0.15) is 0 Å². The van der Waals surface area contributed by atoms with Gasteiger partial charge in [-0.25, -0.2) is 4.79 Å². The summed E-state index contributed by atoms with van der Waals surface area (Å²) in [5.74, 6) is -0.345. The Morgan fingerprint density at radius 3 is 2.53 bits per heavy atom. The second-order valence-electron chi connectivity index (χ2n) is 6.16. The van der Waals surface area contributed by atoms with Gasteiger partial charge in [-0.3, -0.25) is 4.79 Å². The number of hydrogen-bond donors (Lipinski definition) is 2. The Kier molecular flexibility index (Phi) is 5.35. The number of aliphatic carboxylic acids is 1. The Morgan fingerprint density at radius 2 is 2.05 bits per heavy atom. The fourth-order valence-electron chi connectivity index (χ4n) is 2.87. The lowest BCUT2D eigenvalue weighted by Gasteiger charge is -2.32. The van der Waals surface area contributed by atoms with Crippen LogP contribution in [-0.2, 0) is 9.59 Å². The standard InChI is InChI=1S/C14H26N2O3/c1-10(2)7-11(9-15)8-12(17)16-6-4-5-14(16,3)13(18)19/h10-11H,4-9,15H2,1-3H3,(H,18,19)/t11-,14?/m0/s1. The third-order valence-electron chi connectivity index (χ3n) is 4.00. The summed E-state index contributed by atoms with van der Waals surface area (Å²) in [6, 6.07) is 0. The molecule has 0 aromatic carbocycles. The highest BCUT2D eigenvalue weighted by Gasteiger charge is 2.45. The van der Waals surface area contributed by atoms with Gasteiger partial charge in [0, 0.05) is 13.0 Å². The highest BCUT2D eigenvalue weighted by atomic mass is 16.4. The molecule has 0 saturated carbocycles. The molecular formula is C14H26N2O3. The first-order chi connectivity index (χ1) is 8.81. The van der Waals surface area contributed by atoms with Crippen molar-refractivity contribution in [3.05, 3.63) is 0 Å². The van der Waals surface area contributed by atoms with Crippen molar-refractivity contribution in [1.82, 2.24) is 4.90 Å². The maximum Gasteiger partial charge on any atom is 0.329 e. The van der Waals surface area contributed by atoms with E-state index in [1.807, 2.05) is 0 Å². The maximum absolute atomic E-state index is 12.3. The van der Waals surface area contributed by atoms with E-state index in [0.717, 1.165) is 12.8 Å². The monoisotopic (exact) mass is 270 g/mol. The predicted molar refractivity (Wildman–Crippen MR) is 73.6 cm³/mol. The number of carbonyl (C=O) groups is 2. The van der Waals surface area contributed by atoms with Crippen molar-refractivity contribution in [2.24, 2.45) is 17.6 Å². The molecule has 0 aliphatic carbocycles. The summed E-state index contributed by atoms with van der Waals surface area (Å²) in [6.07, 6.45) is 2.55. The van der Waals surface area contributed by atoms with Crippen molar-refractivity contribution in [3.8, 4) is 0 Å². The quantitative estimate of drug-likeness (QED) is 0.765. The molecular weight excluding hydrogens is 244 g/mol. The molecule has 1 unspecified atom stereocenters. The highest BCUT2D eigenvalue weighted by molar-refractivity contribution is 5.87. The summed E-state index contributed by atoms with van der Waals surface area (Å²) >= 11 is 0. The molecule has 1 aliphatic rings. The molecule has 0 aromatic heterocycles. The van der Waals surface area contributed by atoms with Crippen LogP contribution in [0, 0.1) is 11.8 Å². The molecule has 1 aliphatic heterocycles. The zero-order chi connectivity index (χ0) is 14.6. The molecule has 1 amide bonds. The molecule has 110 valence electrons. The van der Waals surface area contributed by atoms with Crippen LogP contribution in [0.5, 0.6) is 0 Å². The fraction of sp³-hybridized carbons (Fsp3) is 0.857. The van der Waals surface area contributed by atoms with Gasteiger partial charge in [0.25, 0.3) is 0 Å². The minimum atomic E-state index is -1.03. The molecule has 0 radical (unpaired) electrons. The van der Waals surface area contributed by atoms with E-state index in [-0.39, 0.29) is 11.8 Å². The van der Waals surface area contributed by atoms with Gasteiger partial charge in [-0.05, 0) is 44.6 Å². The van der Waals surface area contributed by atoms with Crippen LogP contribution < -0.4 is 5.73 Å². The molecule has 5 nitrogen and oxygen atoms in total.